The van der Waals surface area contributed by atoms with E-state index in [1.54, 1.807) is 14.2 Å². The second-order valence-corrected chi connectivity index (χ2v) is 7.12. The summed E-state index contributed by atoms with van der Waals surface area (Å²) in [5.41, 5.74) is 0.185. The quantitative estimate of drug-likeness (QED) is 0.828. The van der Waals surface area contributed by atoms with E-state index >= 15 is 0 Å². The third-order valence-electron chi connectivity index (χ3n) is 5.22. The Morgan fingerprint density at radius 3 is 2.44 bits per heavy atom. The predicted molar refractivity (Wildman–Crippen MR) is 98.3 cm³/mol. The maximum absolute atomic E-state index is 13.1. The number of carbonyl (C=O) groups is 1. The number of ketones is 1. The molecule has 1 heterocycles. The molecule has 5 nitrogen and oxygen atoms in total. The lowest BCUT2D eigenvalue weighted by Crippen LogP contribution is -2.54. The van der Waals surface area contributed by atoms with Crippen LogP contribution in [0.4, 0.5) is 0 Å². The standard InChI is InChI=1S/C20H26N2O3/c1-13(2)17-18(24-3)22-20(19(21-17)25-4)11-10-15(12-16(20)23)14-8-6-5-7-9-14/h5-9,13,15,17H,10-12H2,1-4H3/t15-,17+,20-/m0/s1. The molecule has 3 atom stereocenters. The topological polar surface area (TPSA) is 60.2 Å². The summed E-state index contributed by atoms with van der Waals surface area (Å²) < 4.78 is 11.0. The number of nitrogens with zero attached hydrogens (tertiary/aromatic N) is 2. The number of rotatable bonds is 2. The molecule has 0 aromatic heterocycles. The summed E-state index contributed by atoms with van der Waals surface area (Å²) in [7, 11) is 3.16. The second kappa shape index (κ2) is 6.98. The van der Waals surface area contributed by atoms with Crippen LogP contribution in [0.3, 0.4) is 0 Å². The monoisotopic (exact) mass is 342 g/mol. The Bertz CT molecular complexity index is 696. The lowest BCUT2D eigenvalue weighted by atomic mass is 9.72. The van der Waals surface area contributed by atoms with Crippen molar-refractivity contribution in [3.8, 4) is 0 Å². The Morgan fingerprint density at radius 1 is 1.16 bits per heavy atom. The number of Topliss-reactive ketones (excluding diaryl/α,β-unsaturated/α-hetero) is 1. The van der Waals surface area contributed by atoms with Crippen molar-refractivity contribution in [2.75, 3.05) is 14.2 Å². The molecular formula is C20H26N2O3. The van der Waals surface area contributed by atoms with E-state index in [0.717, 1.165) is 6.42 Å². The smallest absolute Gasteiger partial charge is 0.220 e. The second-order valence-electron chi connectivity index (χ2n) is 7.12. The maximum Gasteiger partial charge on any atom is 0.220 e. The van der Waals surface area contributed by atoms with Crippen molar-refractivity contribution in [2.45, 2.75) is 50.6 Å². The van der Waals surface area contributed by atoms with Gasteiger partial charge in [-0.25, -0.2) is 9.98 Å². The van der Waals surface area contributed by atoms with E-state index in [1.165, 1.54) is 5.56 Å². The van der Waals surface area contributed by atoms with E-state index in [2.05, 4.69) is 26.0 Å². The van der Waals surface area contributed by atoms with Gasteiger partial charge in [-0.2, -0.15) is 0 Å². The molecule has 0 radical (unpaired) electrons. The van der Waals surface area contributed by atoms with Crippen LogP contribution in [0.25, 0.3) is 0 Å². The summed E-state index contributed by atoms with van der Waals surface area (Å²) >= 11 is 0. The van der Waals surface area contributed by atoms with Gasteiger partial charge < -0.3 is 9.47 Å². The molecule has 134 valence electrons. The number of ether oxygens (including phenoxy) is 2. The first-order valence-electron chi connectivity index (χ1n) is 8.86. The first-order chi connectivity index (χ1) is 12.0. The molecule has 1 aromatic rings. The fourth-order valence-electron chi connectivity index (χ4n) is 3.78. The Balaban J connectivity index is 1.92. The Labute approximate surface area is 149 Å². The van der Waals surface area contributed by atoms with Crippen molar-refractivity contribution in [1.82, 2.24) is 0 Å². The van der Waals surface area contributed by atoms with E-state index in [4.69, 9.17) is 19.5 Å². The normalized spacial score (nSPS) is 29.4. The van der Waals surface area contributed by atoms with Crippen LogP contribution < -0.4 is 0 Å². The van der Waals surface area contributed by atoms with Crippen LogP contribution in [0.15, 0.2) is 40.3 Å². The highest BCUT2D eigenvalue weighted by Crippen LogP contribution is 2.41. The zero-order valence-electron chi connectivity index (χ0n) is 15.4. The van der Waals surface area contributed by atoms with Crippen molar-refractivity contribution in [3.63, 3.8) is 0 Å². The first-order valence-corrected chi connectivity index (χ1v) is 8.86. The summed E-state index contributed by atoms with van der Waals surface area (Å²) in [5.74, 6) is 1.47. The molecule has 1 saturated carbocycles. The van der Waals surface area contributed by atoms with Crippen LogP contribution in [0, 0.1) is 5.92 Å². The lowest BCUT2D eigenvalue weighted by molar-refractivity contribution is -0.124. The maximum atomic E-state index is 13.1. The van der Waals surface area contributed by atoms with Crippen molar-refractivity contribution in [3.05, 3.63) is 35.9 Å². The SMILES string of the molecule is COC1=N[C@]2(CC[C@H](c3ccccc3)CC2=O)C(OC)=N[C@@H]1C(C)C. The van der Waals surface area contributed by atoms with E-state index in [-0.39, 0.29) is 23.7 Å². The van der Waals surface area contributed by atoms with Crippen LogP contribution in [0.1, 0.15) is 44.6 Å². The summed E-state index contributed by atoms with van der Waals surface area (Å²) in [6.07, 6.45) is 1.90. The van der Waals surface area contributed by atoms with Gasteiger partial charge in [-0.1, -0.05) is 44.2 Å². The molecule has 1 spiro atoms. The van der Waals surface area contributed by atoms with Gasteiger partial charge in [0.2, 0.25) is 11.8 Å². The molecular weight excluding hydrogens is 316 g/mol. The van der Waals surface area contributed by atoms with Gasteiger partial charge >= 0.3 is 0 Å². The molecule has 5 heteroatoms. The largest absolute Gasteiger partial charge is 0.483 e. The zero-order chi connectivity index (χ0) is 18.0. The third kappa shape index (κ3) is 3.08. The van der Waals surface area contributed by atoms with Crippen molar-refractivity contribution in [1.29, 1.82) is 0 Å². The van der Waals surface area contributed by atoms with Gasteiger partial charge in [0.1, 0.15) is 6.04 Å². The molecule has 1 aliphatic carbocycles. The molecule has 0 unspecified atom stereocenters. The Kier molecular flexibility index (Phi) is 4.93. The van der Waals surface area contributed by atoms with Gasteiger partial charge in [-0.3, -0.25) is 4.79 Å². The van der Waals surface area contributed by atoms with Gasteiger partial charge in [-0.05, 0) is 30.2 Å². The van der Waals surface area contributed by atoms with E-state index < -0.39 is 5.54 Å². The van der Waals surface area contributed by atoms with E-state index in [9.17, 15) is 4.79 Å². The molecule has 1 fully saturated rings. The number of hydrogen-bond acceptors (Lipinski definition) is 5. The van der Waals surface area contributed by atoms with Crippen LogP contribution in [0.2, 0.25) is 0 Å². The number of carbonyl (C=O) groups excluding carboxylic acids is 1. The van der Waals surface area contributed by atoms with Gasteiger partial charge in [0.15, 0.2) is 11.3 Å². The third-order valence-corrected chi connectivity index (χ3v) is 5.22. The Morgan fingerprint density at radius 2 is 1.88 bits per heavy atom. The van der Waals surface area contributed by atoms with Gasteiger partial charge in [0, 0.05) is 6.42 Å². The predicted octanol–water partition coefficient (Wildman–Crippen LogP) is 3.39. The van der Waals surface area contributed by atoms with Crippen LogP contribution >= 0.6 is 0 Å². The van der Waals surface area contributed by atoms with Gasteiger partial charge in [-0.15, -0.1) is 0 Å². The van der Waals surface area contributed by atoms with Crippen LogP contribution in [-0.2, 0) is 14.3 Å². The summed E-state index contributed by atoms with van der Waals surface area (Å²) in [6.45, 7) is 4.12. The van der Waals surface area contributed by atoms with E-state index in [1.807, 2.05) is 18.2 Å². The van der Waals surface area contributed by atoms with Gasteiger partial charge in [0.25, 0.3) is 0 Å². The number of benzene rings is 1. The van der Waals surface area contributed by atoms with E-state index in [0.29, 0.717) is 24.6 Å². The highest BCUT2D eigenvalue weighted by Gasteiger charge is 2.51. The Hall–Kier alpha value is -2.17. The van der Waals surface area contributed by atoms with Gasteiger partial charge in [0.05, 0.1) is 14.2 Å². The van der Waals surface area contributed by atoms with Crippen molar-refractivity contribution in [2.24, 2.45) is 15.9 Å². The van der Waals surface area contributed by atoms with Crippen LogP contribution in [0.5, 0.6) is 0 Å². The highest BCUT2D eigenvalue weighted by atomic mass is 16.5. The minimum atomic E-state index is -1.02. The molecule has 1 aromatic carbocycles. The highest BCUT2D eigenvalue weighted by molar-refractivity contribution is 6.15. The summed E-state index contributed by atoms with van der Waals surface area (Å²) in [6, 6.07) is 9.99. The van der Waals surface area contributed by atoms with Crippen LogP contribution in [-0.4, -0.2) is 43.4 Å². The first kappa shape index (κ1) is 17.6. The molecule has 3 rings (SSSR count). The van der Waals surface area contributed by atoms with Crippen molar-refractivity contribution >= 4 is 17.6 Å². The minimum Gasteiger partial charge on any atom is -0.483 e. The molecule has 0 bridgehead atoms. The average molecular weight is 342 g/mol. The van der Waals surface area contributed by atoms with Crippen molar-refractivity contribution < 1.29 is 14.3 Å². The molecule has 2 aliphatic rings. The molecule has 0 N–H and O–H groups in total. The number of methoxy groups -OCH3 is 2. The number of hydrogen-bond donors (Lipinski definition) is 0. The molecule has 25 heavy (non-hydrogen) atoms. The zero-order valence-corrected chi connectivity index (χ0v) is 15.4. The minimum absolute atomic E-state index is 0.0601. The number of aliphatic imine (C=N–C) groups is 2. The molecule has 0 amide bonds. The molecule has 1 aliphatic heterocycles. The molecule has 0 saturated heterocycles. The summed E-state index contributed by atoms with van der Waals surface area (Å²) in [5, 5.41) is 0. The fraction of sp³-hybridized carbons (Fsp3) is 0.550. The average Bonchev–Trinajstić information content (AvgIpc) is 2.64. The fourth-order valence-corrected chi connectivity index (χ4v) is 3.78. The lowest BCUT2D eigenvalue weighted by Gasteiger charge is -2.39. The summed E-state index contributed by atoms with van der Waals surface area (Å²) in [4.78, 5) is 22.6.